The number of hydrogen-bond donors (Lipinski definition) is 1. The van der Waals surface area contributed by atoms with Crippen molar-refractivity contribution in [1.29, 1.82) is 0 Å². The molecule has 1 unspecified atom stereocenters. The van der Waals surface area contributed by atoms with E-state index in [4.69, 9.17) is 0 Å². The fourth-order valence-electron chi connectivity index (χ4n) is 3.48. The van der Waals surface area contributed by atoms with E-state index in [2.05, 4.69) is 24.1 Å². The zero-order valence-electron chi connectivity index (χ0n) is 10.8. The molecule has 0 aromatic carbocycles. The monoisotopic (exact) mass is 224 g/mol. The summed E-state index contributed by atoms with van der Waals surface area (Å²) in [7, 11) is 1.97. The highest BCUT2D eigenvalue weighted by atomic mass is 16.2. The van der Waals surface area contributed by atoms with E-state index in [1.807, 2.05) is 7.05 Å². The van der Waals surface area contributed by atoms with E-state index >= 15 is 0 Å². The van der Waals surface area contributed by atoms with E-state index in [9.17, 15) is 4.79 Å². The van der Waals surface area contributed by atoms with Crippen molar-refractivity contribution in [2.75, 3.05) is 13.6 Å². The van der Waals surface area contributed by atoms with Crippen LogP contribution in [0.3, 0.4) is 0 Å². The fourth-order valence-corrected chi connectivity index (χ4v) is 3.48. The van der Waals surface area contributed by atoms with Crippen molar-refractivity contribution < 1.29 is 4.79 Å². The zero-order valence-corrected chi connectivity index (χ0v) is 10.8. The maximum Gasteiger partial charge on any atom is 0.223 e. The summed E-state index contributed by atoms with van der Waals surface area (Å²) >= 11 is 0. The van der Waals surface area contributed by atoms with Crippen LogP contribution in [0.4, 0.5) is 0 Å². The zero-order chi connectivity index (χ0) is 11.8. The molecule has 92 valence electrons. The molecule has 3 nitrogen and oxygen atoms in total. The number of likely N-dealkylation sites (tertiary alicyclic amines) is 1. The van der Waals surface area contributed by atoms with Crippen molar-refractivity contribution in [3.63, 3.8) is 0 Å². The molecule has 2 fully saturated rings. The summed E-state index contributed by atoms with van der Waals surface area (Å²) in [6, 6.07) is 0.518. The molecule has 0 radical (unpaired) electrons. The molecule has 1 N–H and O–H groups in total. The minimum atomic E-state index is 0.0368. The lowest BCUT2D eigenvalue weighted by molar-refractivity contribution is -0.133. The summed E-state index contributed by atoms with van der Waals surface area (Å²) in [6.07, 6.45) is 5.73. The van der Waals surface area contributed by atoms with Crippen LogP contribution in [0.25, 0.3) is 0 Å². The van der Waals surface area contributed by atoms with Gasteiger partial charge in [-0.25, -0.2) is 0 Å². The van der Waals surface area contributed by atoms with Crippen molar-refractivity contribution in [3.05, 3.63) is 0 Å². The summed E-state index contributed by atoms with van der Waals surface area (Å²) in [4.78, 5) is 14.4. The van der Waals surface area contributed by atoms with Gasteiger partial charge >= 0.3 is 0 Å². The maximum absolute atomic E-state index is 12.2. The molecule has 2 aliphatic rings. The smallest absolute Gasteiger partial charge is 0.223 e. The van der Waals surface area contributed by atoms with Gasteiger partial charge in [0.2, 0.25) is 5.91 Å². The summed E-state index contributed by atoms with van der Waals surface area (Å²) < 4.78 is 0. The Morgan fingerprint density at radius 2 is 2.00 bits per heavy atom. The van der Waals surface area contributed by atoms with Crippen LogP contribution >= 0.6 is 0 Å². The first-order valence-electron chi connectivity index (χ1n) is 6.54. The van der Waals surface area contributed by atoms with Crippen LogP contribution in [0.2, 0.25) is 0 Å². The lowest BCUT2D eigenvalue weighted by Gasteiger charge is -2.40. The van der Waals surface area contributed by atoms with Gasteiger partial charge < -0.3 is 10.2 Å². The molecule has 0 aromatic heterocycles. The second-order valence-corrected chi connectivity index (χ2v) is 5.81. The van der Waals surface area contributed by atoms with E-state index in [1.54, 1.807) is 0 Å². The number of carbonyl (C=O) groups is 1. The molecule has 3 heteroatoms. The molecule has 1 aliphatic heterocycles. The number of hydrogen-bond acceptors (Lipinski definition) is 2. The van der Waals surface area contributed by atoms with Gasteiger partial charge in [0.15, 0.2) is 0 Å². The lowest BCUT2D eigenvalue weighted by Crippen LogP contribution is -2.50. The Morgan fingerprint density at radius 1 is 1.38 bits per heavy atom. The predicted molar refractivity (Wildman–Crippen MR) is 65.2 cm³/mol. The molecule has 0 spiro atoms. The minimum absolute atomic E-state index is 0.0368. The predicted octanol–water partition coefficient (Wildman–Crippen LogP) is 1.78. The van der Waals surface area contributed by atoms with Gasteiger partial charge in [0, 0.05) is 30.5 Å². The highest BCUT2D eigenvalue weighted by molar-refractivity contribution is 5.80. The van der Waals surface area contributed by atoms with Crippen molar-refractivity contribution in [3.8, 4) is 0 Å². The van der Waals surface area contributed by atoms with Gasteiger partial charge in [0.25, 0.3) is 0 Å². The number of nitrogens with one attached hydrogen (secondary N) is 1. The summed E-state index contributed by atoms with van der Waals surface area (Å²) in [6.45, 7) is 5.42. The number of carbonyl (C=O) groups excluding carboxylic acids is 1. The SMILES string of the molecule is CNCC1CC(=O)N(C2CCCC2)C1(C)C. The standard InChI is InChI=1S/C13H24N2O/c1-13(2)10(9-14-3)8-12(16)15(13)11-6-4-5-7-11/h10-11,14H,4-9H2,1-3H3. The van der Waals surface area contributed by atoms with E-state index in [0.29, 0.717) is 17.9 Å². The summed E-state index contributed by atoms with van der Waals surface area (Å²) in [5.74, 6) is 0.836. The van der Waals surface area contributed by atoms with Gasteiger partial charge in [-0.1, -0.05) is 12.8 Å². The van der Waals surface area contributed by atoms with Crippen LogP contribution < -0.4 is 5.32 Å². The summed E-state index contributed by atoms with van der Waals surface area (Å²) in [5, 5.41) is 3.22. The normalized spacial score (nSPS) is 30.3. The number of amides is 1. The Morgan fingerprint density at radius 3 is 2.56 bits per heavy atom. The highest BCUT2D eigenvalue weighted by Gasteiger charge is 2.48. The van der Waals surface area contributed by atoms with Gasteiger partial charge in [-0.15, -0.1) is 0 Å². The molecule has 16 heavy (non-hydrogen) atoms. The number of rotatable bonds is 3. The van der Waals surface area contributed by atoms with E-state index < -0.39 is 0 Å². The second kappa shape index (κ2) is 4.36. The van der Waals surface area contributed by atoms with Gasteiger partial charge in [-0.05, 0) is 33.7 Å². The Hall–Kier alpha value is -0.570. The molecule has 2 rings (SSSR count). The molecular formula is C13H24N2O. The van der Waals surface area contributed by atoms with E-state index in [1.165, 1.54) is 25.7 Å². The third kappa shape index (κ3) is 1.86. The Labute approximate surface area is 98.6 Å². The van der Waals surface area contributed by atoms with Crippen LogP contribution in [0.15, 0.2) is 0 Å². The van der Waals surface area contributed by atoms with Crippen molar-refractivity contribution in [2.45, 2.75) is 57.5 Å². The first-order valence-corrected chi connectivity index (χ1v) is 6.54. The van der Waals surface area contributed by atoms with E-state index in [0.717, 1.165) is 13.0 Å². The average Bonchev–Trinajstić information content (AvgIpc) is 2.75. The Bertz CT molecular complexity index is 269. The maximum atomic E-state index is 12.2. The molecular weight excluding hydrogens is 200 g/mol. The molecule has 0 aromatic rings. The highest BCUT2D eigenvalue weighted by Crippen LogP contribution is 2.40. The van der Waals surface area contributed by atoms with Crippen LogP contribution in [0, 0.1) is 5.92 Å². The molecule has 1 atom stereocenters. The largest absolute Gasteiger partial charge is 0.334 e. The van der Waals surface area contributed by atoms with Crippen molar-refractivity contribution in [2.24, 2.45) is 5.92 Å². The second-order valence-electron chi connectivity index (χ2n) is 5.81. The topological polar surface area (TPSA) is 32.3 Å². The third-order valence-electron chi connectivity index (χ3n) is 4.45. The molecule has 1 aliphatic carbocycles. The van der Waals surface area contributed by atoms with Crippen molar-refractivity contribution >= 4 is 5.91 Å². The summed E-state index contributed by atoms with van der Waals surface area (Å²) in [5.41, 5.74) is 0.0368. The molecule has 1 saturated carbocycles. The molecule has 1 saturated heterocycles. The first kappa shape index (κ1) is 11.9. The lowest BCUT2D eigenvalue weighted by atomic mass is 9.87. The van der Waals surface area contributed by atoms with Gasteiger partial charge in [0.05, 0.1) is 0 Å². The van der Waals surface area contributed by atoms with Crippen LogP contribution in [-0.4, -0.2) is 36.0 Å². The fraction of sp³-hybridized carbons (Fsp3) is 0.923. The number of nitrogens with zero attached hydrogens (tertiary/aromatic N) is 1. The van der Waals surface area contributed by atoms with Gasteiger partial charge in [0.1, 0.15) is 0 Å². The van der Waals surface area contributed by atoms with Gasteiger partial charge in [-0.3, -0.25) is 4.79 Å². The van der Waals surface area contributed by atoms with Gasteiger partial charge in [-0.2, -0.15) is 0 Å². The third-order valence-corrected chi connectivity index (χ3v) is 4.45. The average molecular weight is 224 g/mol. The van der Waals surface area contributed by atoms with E-state index in [-0.39, 0.29) is 5.54 Å². The van der Waals surface area contributed by atoms with Crippen LogP contribution in [0.5, 0.6) is 0 Å². The molecule has 1 amide bonds. The minimum Gasteiger partial charge on any atom is -0.334 e. The van der Waals surface area contributed by atoms with Crippen LogP contribution in [-0.2, 0) is 4.79 Å². The van der Waals surface area contributed by atoms with Crippen LogP contribution in [0.1, 0.15) is 46.0 Å². The molecule has 1 heterocycles. The Kier molecular flexibility index (Phi) is 3.24. The quantitative estimate of drug-likeness (QED) is 0.792. The molecule has 0 bridgehead atoms. The Balaban J connectivity index is 2.14. The van der Waals surface area contributed by atoms with Crippen molar-refractivity contribution in [1.82, 2.24) is 10.2 Å². The first-order chi connectivity index (χ1) is 7.57.